The molecule has 0 aromatic heterocycles. The summed E-state index contributed by atoms with van der Waals surface area (Å²) < 4.78 is 5.56. The lowest BCUT2D eigenvalue weighted by atomic mass is 9.98. The number of hydrogen-bond donors (Lipinski definition) is 2. The minimum absolute atomic E-state index is 0.0765. The summed E-state index contributed by atoms with van der Waals surface area (Å²) in [5, 5.41) is 12.3. The summed E-state index contributed by atoms with van der Waals surface area (Å²) in [5.74, 6) is -1.16. The second kappa shape index (κ2) is 13.1. The van der Waals surface area contributed by atoms with Crippen LogP contribution in [0.25, 0.3) is 11.1 Å². The Labute approximate surface area is 225 Å². The molecule has 1 amide bonds. The number of carbonyl (C=O) groups is 2. The molecule has 6 nitrogen and oxygen atoms in total. The van der Waals surface area contributed by atoms with Crippen LogP contribution in [0.4, 0.5) is 10.5 Å². The summed E-state index contributed by atoms with van der Waals surface area (Å²) in [7, 11) is 0. The summed E-state index contributed by atoms with van der Waals surface area (Å²) in [6.07, 6.45) is 4.02. The number of hydrogen-bond acceptors (Lipinski definition) is 4. The van der Waals surface area contributed by atoms with E-state index in [0.717, 1.165) is 72.3 Å². The molecule has 6 heteroatoms. The van der Waals surface area contributed by atoms with Crippen LogP contribution in [-0.2, 0) is 16.0 Å². The molecule has 3 aromatic carbocycles. The van der Waals surface area contributed by atoms with E-state index in [1.54, 1.807) is 0 Å². The van der Waals surface area contributed by atoms with Crippen LogP contribution in [-0.4, -0.2) is 42.9 Å². The van der Waals surface area contributed by atoms with Gasteiger partial charge < -0.3 is 20.1 Å². The first kappa shape index (κ1) is 27.2. The standard InChI is InChI=1S/C32H38N2O4/c1-3-5-19-34(20-6-4-2)24-17-15-23(16-18-24)21-30(31(35)36)33-32(37)38-22-29-27-13-9-7-11-25(27)26-12-8-10-14-28(26)29/h7-18,29-30H,3-6,19-22H2,1-2H3,(H,33,37)(H,35,36). The highest BCUT2D eigenvalue weighted by Crippen LogP contribution is 2.44. The van der Waals surface area contributed by atoms with E-state index in [9.17, 15) is 14.7 Å². The van der Waals surface area contributed by atoms with Crippen molar-refractivity contribution < 1.29 is 19.4 Å². The molecule has 38 heavy (non-hydrogen) atoms. The Balaban J connectivity index is 1.36. The molecule has 1 aliphatic carbocycles. The van der Waals surface area contributed by atoms with E-state index in [-0.39, 0.29) is 18.9 Å². The van der Waals surface area contributed by atoms with Crippen molar-refractivity contribution >= 4 is 17.7 Å². The Morgan fingerprint density at radius 2 is 1.42 bits per heavy atom. The molecule has 3 aromatic rings. The van der Waals surface area contributed by atoms with E-state index in [1.807, 2.05) is 48.5 Å². The lowest BCUT2D eigenvalue weighted by Crippen LogP contribution is -2.42. The number of carbonyl (C=O) groups excluding carboxylic acids is 1. The number of carboxylic acids is 1. The molecule has 1 aliphatic rings. The first-order chi connectivity index (χ1) is 18.5. The smallest absolute Gasteiger partial charge is 0.407 e. The van der Waals surface area contributed by atoms with Gasteiger partial charge in [-0.15, -0.1) is 0 Å². The molecular formula is C32H38N2O4. The topological polar surface area (TPSA) is 78.9 Å². The van der Waals surface area contributed by atoms with Crippen LogP contribution < -0.4 is 10.2 Å². The van der Waals surface area contributed by atoms with Crippen molar-refractivity contribution in [2.75, 3.05) is 24.6 Å². The average Bonchev–Trinajstić information content (AvgIpc) is 3.26. The van der Waals surface area contributed by atoms with Gasteiger partial charge in [-0.05, 0) is 52.8 Å². The van der Waals surface area contributed by atoms with Crippen molar-refractivity contribution in [3.63, 3.8) is 0 Å². The summed E-state index contributed by atoms with van der Waals surface area (Å²) in [6, 6.07) is 23.2. The molecule has 0 saturated carbocycles. The number of aliphatic carboxylic acids is 1. The quantitative estimate of drug-likeness (QED) is 0.268. The van der Waals surface area contributed by atoms with Gasteiger partial charge in [0.25, 0.3) is 0 Å². The molecule has 200 valence electrons. The molecule has 1 atom stereocenters. The van der Waals surface area contributed by atoms with Crippen LogP contribution >= 0.6 is 0 Å². The van der Waals surface area contributed by atoms with Gasteiger partial charge in [0, 0.05) is 31.1 Å². The lowest BCUT2D eigenvalue weighted by molar-refractivity contribution is -0.139. The Bertz CT molecular complexity index is 1170. The van der Waals surface area contributed by atoms with Gasteiger partial charge in [0.05, 0.1) is 0 Å². The molecule has 0 aliphatic heterocycles. The largest absolute Gasteiger partial charge is 0.480 e. The third-order valence-corrected chi connectivity index (χ3v) is 7.24. The fourth-order valence-electron chi connectivity index (χ4n) is 5.13. The van der Waals surface area contributed by atoms with Gasteiger partial charge in [0.2, 0.25) is 0 Å². The first-order valence-electron chi connectivity index (χ1n) is 13.7. The summed E-state index contributed by atoms with van der Waals surface area (Å²) in [4.78, 5) is 27.0. The zero-order valence-corrected chi connectivity index (χ0v) is 22.4. The molecule has 0 saturated heterocycles. The fraction of sp³-hybridized carbons (Fsp3) is 0.375. The molecule has 1 unspecified atom stereocenters. The van der Waals surface area contributed by atoms with E-state index < -0.39 is 18.1 Å². The van der Waals surface area contributed by atoms with Gasteiger partial charge in [0.15, 0.2) is 0 Å². The van der Waals surface area contributed by atoms with Crippen LogP contribution in [0.3, 0.4) is 0 Å². The monoisotopic (exact) mass is 514 g/mol. The van der Waals surface area contributed by atoms with E-state index in [2.05, 4.69) is 48.3 Å². The number of carboxylic acid groups (broad SMARTS) is 1. The Kier molecular flexibility index (Phi) is 9.41. The highest BCUT2D eigenvalue weighted by Gasteiger charge is 2.29. The van der Waals surface area contributed by atoms with Crippen LogP contribution in [0, 0.1) is 0 Å². The number of fused-ring (bicyclic) bond motifs is 3. The number of unbranched alkanes of at least 4 members (excludes halogenated alkanes) is 2. The van der Waals surface area contributed by atoms with Crippen molar-refractivity contribution in [3.8, 4) is 11.1 Å². The van der Waals surface area contributed by atoms with Crippen LogP contribution in [0.1, 0.15) is 62.1 Å². The van der Waals surface area contributed by atoms with E-state index in [4.69, 9.17) is 4.74 Å². The number of amides is 1. The lowest BCUT2D eigenvalue weighted by Gasteiger charge is -2.25. The summed E-state index contributed by atoms with van der Waals surface area (Å²) >= 11 is 0. The Morgan fingerprint density at radius 3 is 1.95 bits per heavy atom. The van der Waals surface area contributed by atoms with Gasteiger partial charge in [-0.1, -0.05) is 87.4 Å². The van der Waals surface area contributed by atoms with Crippen molar-refractivity contribution in [3.05, 3.63) is 89.5 Å². The van der Waals surface area contributed by atoms with E-state index in [1.165, 1.54) is 0 Å². The molecule has 0 bridgehead atoms. The maximum atomic E-state index is 12.7. The Hall–Kier alpha value is -3.80. The SMILES string of the molecule is CCCCN(CCCC)c1ccc(CC(NC(=O)OCC2c3ccccc3-c3ccccc32)C(=O)O)cc1. The van der Waals surface area contributed by atoms with Gasteiger partial charge in [0.1, 0.15) is 12.6 Å². The molecule has 4 rings (SSSR count). The van der Waals surface area contributed by atoms with Crippen LogP contribution in [0.15, 0.2) is 72.8 Å². The number of nitrogens with zero attached hydrogens (tertiary/aromatic N) is 1. The fourth-order valence-corrected chi connectivity index (χ4v) is 5.13. The summed E-state index contributed by atoms with van der Waals surface area (Å²) in [6.45, 7) is 6.55. The second-order valence-electron chi connectivity index (χ2n) is 9.93. The van der Waals surface area contributed by atoms with Gasteiger partial charge in [-0.2, -0.15) is 0 Å². The number of anilines is 1. The minimum atomic E-state index is -1.09. The zero-order chi connectivity index (χ0) is 26.9. The number of ether oxygens (including phenoxy) is 1. The highest BCUT2D eigenvalue weighted by molar-refractivity contribution is 5.81. The highest BCUT2D eigenvalue weighted by atomic mass is 16.5. The average molecular weight is 515 g/mol. The third-order valence-electron chi connectivity index (χ3n) is 7.24. The molecule has 0 spiro atoms. The molecule has 0 heterocycles. The third kappa shape index (κ3) is 6.55. The number of nitrogens with one attached hydrogen (secondary N) is 1. The van der Waals surface area contributed by atoms with Crippen molar-refractivity contribution in [1.82, 2.24) is 5.32 Å². The van der Waals surface area contributed by atoms with E-state index in [0.29, 0.717) is 0 Å². The predicted molar refractivity (Wildman–Crippen MR) is 152 cm³/mol. The molecular weight excluding hydrogens is 476 g/mol. The first-order valence-corrected chi connectivity index (χ1v) is 13.7. The second-order valence-corrected chi connectivity index (χ2v) is 9.93. The van der Waals surface area contributed by atoms with Gasteiger partial charge in [-0.25, -0.2) is 9.59 Å². The molecule has 2 N–H and O–H groups in total. The van der Waals surface area contributed by atoms with Gasteiger partial charge >= 0.3 is 12.1 Å². The van der Waals surface area contributed by atoms with Crippen LogP contribution in [0.2, 0.25) is 0 Å². The van der Waals surface area contributed by atoms with Gasteiger partial charge in [-0.3, -0.25) is 0 Å². The summed E-state index contributed by atoms with van der Waals surface area (Å²) in [5.41, 5.74) is 6.52. The van der Waals surface area contributed by atoms with Crippen LogP contribution in [0.5, 0.6) is 0 Å². The minimum Gasteiger partial charge on any atom is -0.480 e. The predicted octanol–water partition coefficient (Wildman–Crippen LogP) is 6.63. The van der Waals surface area contributed by atoms with Crippen molar-refractivity contribution in [2.24, 2.45) is 0 Å². The van der Waals surface area contributed by atoms with Crippen molar-refractivity contribution in [2.45, 2.75) is 57.9 Å². The number of benzene rings is 3. The maximum Gasteiger partial charge on any atom is 0.407 e. The zero-order valence-electron chi connectivity index (χ0n) is 22.4. The number of alkyl carbamates (subject to hydrolysis) is 1. The maximum absolute atomic E-state index is 12.7. The normalized spacial score (nSPS) is 12.9. The Morgan fingerprint density at radius 1 is 0.868 bits per heavy atom. The van der Waals surface area contributed by atoms with E-state index >= 15 is 0 Å². The van der Waals surface area contributed by atoms with Crippen molar-refractivity contribution in [1.29, 1.82) is 0 Å². The molecule has 0 fully saturated rings. The number of rotatable bonds is 13. The molecule has 0 radical (unpaired) electrons.